The number of nitrogens with zero attached hydrogens (tertiary/aromatic N) is 2. The van der Waals surface area contributed by atoms with Crippen LogP contribution in [-0.4, -0.2) is 58.9 Å². The highest BCUT2D eigenvalue weighted by atomic mass is 32.1. The van der Waals surface area contributed by atoms with E-state index in [2.05, 4.69) is 5.32 Å². The number of likely N-dealkylation sites (N-methyl/N-ethyl adjacent to an activating group) is 1. The minimum absolute atomic E-state index is 0.0770. The lowest BCUT2D eigenvalue weighted by atomic mass is 10.1. The lowest BCUT2D eigenvalue weighted by Gasteiger charge is -2.23. The van der Waals surface area contributed by atoms with Crippen LogP contribution in [0.15, 0.2) is 48.5 Å². The van der Waals surface area contributed by atoms with Crippen molar-refractivity contribution in [2.24, 2.45) is 0 Å². The second-order valence-corrected chi connectivity index (χ2v) is 7.68. The molecule has 3 rings (SSSR count). The van der Waals surface area contributed by atoms with Crippen LogP contribution < -0.4 is 5.32 Å². The molecule has 9 heteroatoms. The summed E-state index contributed by atoms with van der Waals surface area (Å²) >= 11 is 5.39. The van der Waals surface area contributed by atoms with Crippen molar-refractivity contribution in [3.8, 4) is 0 Å². The van der Waals surface area contributed by atoms with Crippen LogP contribution in [0.25, 0.3) is 0 Å². The third-order valence-corrected chi connectivity index (χ3v) is 5.65. The number of nitrogens with one attached hydrogen (secondary N) is 1. The molecule has 0 bridgehead atoms. The van der Waals surface area contributed by atoms with Crippen molar-refractivity contribution < 1.29 is 23.5 Å². The van der Waals surface area contributed by atoms with Crippen molar-refractivity contribution in [1.29, 1.82) is 0 Å². The summed E-state index contributed by atoms with van der Waals surface area (Å²) in [6, 6.07) is 11.7. The lowest BCUT2D eigenvalue weighted by Crippen LogP contribution is -2.39. The van der Waals surface area contributed by atoms with Gasteiger partial charge in [-0.3, -0.25) is 14.5 Å². The third kappa shape index (κ3) is 5.47. The molecular weight excluding hydrogens is 433 g/mol. The minimum atomic E-state index is -0.716. The fourth-order valence-corrected chi connectivity index (χ4v) is 3.73. The SMILES string of the molecule is CCOC(=O)c1ccc(NC(=O)CC2C(=O)N(C)C(=S)N2CCc2ccc(F)cc2)cc1. The topological polar surface area (TPSA) is 78.9 Å². The van der Waals surface area contributed by atoms with E-state index in [0.717, 1.165) is 5.56 Å². The molecule has 1 N–H and O–H groups in total. The van der Waals surface area contributed by atoms with E-state index in [0.29, 0.717) is 29.3 Å². The largest absolute Gasteiger partial charge is 0.462 e. The number of carbonyl (C=O) groups is 3. The predicted molar refractivity (Wildman–Crippen MR) is 122 cm³/mol. The van der Waals surface area contributed by atoms with E-state index in [-0.39, 0.29) is 30.7 Å². The Morgan fingerprint density at radius 2 is 1.78 bits per heavy atom. The molecule has 168 valence electrons. The molecule has 1 aliphatic rings. The minimum Gasteiger partial charge on any atom is -0.462 e. The molecule has 0 spiro atoms. The Balaban J connectivity index is 1.63. The average molecular weight is 458 g/mol. The molecule has 32 heavy (non-hydrogen) atoms. The smallest absolute Gasteiger partial charge is 0.338 e. The van der Waals surface area contributed by atoms with E-state index in [1.165, 1.54) is 17.0 Å². The lowest BCUT2D eigenvalue weighted by molar-refractivity contribution is -0.130. The van der Waals surface area contributed by atoms with E-state index in [9.17, 15) is 18.8 Å². The predicted octanol–water partition coefficient (Wildman–Crippen LogP) is 3.00. The Kier molecular flexibility index (Phi) is 7.53. The van der Waals surface area contributed by atoms with Crippen LogP contribution in [0.4, 0.5) is 10.1 Å². The van der Waals surface area contributed by atoms with Gasteiger partial charge in [-0.15, -0.1) is 0 Å². The highest BCUT2D eigenvalue weighted by Crippen LogP contribution is 2.21. The summed E-state index contributed by atoms with van der Waals surface area (Å²) in [6.07, 6.45) is 0.474. The number of thiocarbonyl (C=S) groups is 1. The average Bonchev–Trinajstić information content (AvgIpc) is 2.97. The summed E-state index contributed by atoms with van der Waals surface area (Å²) in [5.74, 6) is -1.35. The molecule has 1 atom stereocenters. The second-order valence-electron chi connectivity index (χ2n) is 7.32. The van der Waals surface area contributed by atoms with Crippen LogP contribution in [0.5, 0.6) is 0 Å². The Bertz CT molecular complexity index is 1010. The van der Waals surface area contributed by atoms with Crippen LogP contribution in [0.1, 0.15) is 29.3 Å². The summed E-state index contributed by atoms with van der Waals surface area (Å²) in [7, 11) is 1.58. The fraction of sp³-hybridized carbons (Fsp3) is 0.304. The Morgan fingerprint density at radius 1 is 1.12 bits per heavy atom. The number of ether oxygens (including phenoxy) is 1. The van der Waals surface area contributed by atoms with Gasteiger partial charge in [-0.2, -0.15) is 0 Å². The fourth-order valence-electron chi connectivity index (χ4n) is 3.42. The molecule has 0 saturated carbocycles. The molecule has 1 fully saturated rings. The van der Waals surface area contributed by atoms with Gasteiger partial charge in [0.2, 0.25) is 5.91 Å². The van der Waals surface area contributed by atoms with Gasteiger partial charge in [-0.25, -0.2) is 9.18 Å². The van der Waals surface area contributed by atoms with Crippen molar-refractivity contribution in [3.63, 3.8) is 0 Å². The van der Waals surface area contributed by atoms with Gasteiger partial charge >= 0.3 is 5.97 Å². The Hall–Kier alpha value is -3.33. The van der Waals surface area contributed by atoms with Crippen LogP contribution in [0.2, 0.25) is 0 Å². The quantitative estimate of drug-likeness (QED) is 0.485. The van der Waals surface area contributed by atoms with Gasteiger partial charge in [-0.05, 0) is 67.5 Å². The maximum Gasteiger partial charge on any atom is 0.338 e. The van der Waals surface area contributed by atoms with Gasteiger partial charge in [0, 0.05) is 19.3 Å². The monoisotopic (exact) mass is 457 g/mol. The molecule has 1 unspecified atom stereocenters. The zero-order chi connectivity index (χ0) is 23.3. The van der Waals surface area contributed by atoms with Crippen LogP contribution in [-0.2, 0) is 20.7 Å². The molecule has 2 amide bonds. The first-order valence-electron chi connectivity index (χ1n) is 10.2. The maximum atomic E-state index is 13.1. The maximum absolute atomic E-state index is 13.1. The molecule has 0 radical (unpaired) electrons. The molecule has 0 aliphatic carbocycles. The zero-order valence-corrected chi connectivity index (χ0v) is 18.7. The van der Waals surface area contributed by atoms with Crippen LogP contribution >= 0.6 is 12.2 Å². The van der Waals surface area contributed by atoms with E-state index >= 15 is 0 Å². The normalized spacial score (nSPS) is 15.8. The van der Waals surface area contributed by atoms with Crippen LogP contribution in [0.3, 0.4) is 0 Å². The van der Waals surface area contributed by atoms with Crippen molar-refractivity contribution >= 4 is 40.8 Å². The van der Waals surface area contributed by atoms with Gasteiger partial charge in [0.05, 0.1) is 18.6 Å². The summed E-state index contributed by atoms with van der Waals surface area (Å²) in [5.41, 5.74) is 1.79. The summed E-state index contributed by atoms with van der Waals surface area (Å²) in [4.78, 5) is 40.1. The molecule has 2 aromatic rings. The number of carbonyl (C=O) groups excluding carboxylic acids is 3. The number of amides is 2. The summed E-state index contributed by atoms with van der Waals surface area (Å²) in [6.45, 7) is 2.43. The van der Waals surface area contributed by atoms with E-state index in [1.54, 1.807) is 55.3 Å². The number of esters is 1. The second kappa shape index (κ2) is 10.3. The molecule has 1 saturated heterocycles. The number of hydrogen-bond donors (Lipinski definition) is 1. The van der Waals surface area contributed by atoms with Gasteiger partial charge in [0.1, 0.15) is 11.9 Å². The molecule has 7 nitrogen and oxygen atoms in total. The molecule has 1 heterocycles. The zero-order valence-electron chi connectivity index (χ0n) is 17.8. The molecule has 2 aromatic carbocycles. The van der Waals surface area contributed by atoms with E-state index < -0.39 is 12.0 Å². The standard InChI is InChI=1S/C23H24FN3O4S/c1-3-31-22(30)16-6-10-18(11-7-16)25-20(28)14-19-21(29)26(2)23(32)27(19)13-12-15-4-8-17(24)9-5-15/h4-11,19H,3,12-14H2,1-2H3,(H,25,28). The van der Waals surface area contributed by atoms with Crippen molar-refractivity contribution in [1.82, 2.24) is 9.80 Å². The molecular formula is C23H24FN3O4S. The summed E-state index contributed by atoms with van der Waals surface area (Å²) < 4.78 is 18.1. The third-order valence-electron chi connectivity index (χ3n) is 5.14. The number of benzene rings is 2. The van der Waals surface area contributed by atoms with Gasteiger partial charge in [0.15, 0.2) is 5.11 Å². The molecule has 0 aromatic heterocycles. The van der Waals surface area contributed by atoms with Gasteiger partial charge in [-0.1, -0.05) is 12.1 Å². The number of hydrogen-bond acceptors (Lipinski definition) is 5. The summed E-state index contributed by atoms with van der Waals surface area (Å²) in [5, 5.41) is 3.10. The van der Waals surface area contributed by atoms with Crippen LogP contribution in [0, 0.1) is 5.82 Å². The first-order chi connectivity index (χ1) is 15.3. The van der Waals surface area contributed by atoms with Crippen molar-refractivity contribution in [3.05, 3.63) is 65.5 Å². The first-order valence-corrected chi connectivity index (χ1v) is 10.6. The van der Waals surface area contributed by atoms with Gasteiger partial charge < -0.3 is 15.0 Å². The van der Waals surface area contributed by atoms with E-state index in [1.807, 2.05) is 0 Å². The Morgan fingerprint density at radius 3 is 2.41 bits per heavy atom. The van der Waals surface area contributed by atoms with Crippen molar-refractivity contribution in [2.75, 3.05) is 25.5 Å². The van der Waals surface area contributed by atoms with Gasteiger partial charge in [0.25, 0.3) is 5.91 Å². The number of rotatable bonds is 8. The Labute approximate surface area is 191 Å². The number of anilines is 1. The first kappa shape index (κ1) is 23.3. The number of halogens is 1. The molecule has 1 aliphatic heterocycles. The highest BCUT2D eigenvalue weighted by molar-refractivity contribution is 7.80. The highest BCUT2D eigenvalue weighted by Gasteiger charge is 2.41. The van der Waals surface area contributed by atoms with Crippen molar-refractivity contribution in [2.45, 2.75) is 25.8 Å². The van der Waals surface area contributed by atoms with E-state index in [4.69, 9.17) is 17.0 Å².